The molecular formula is C21H17Cl2N3. The monoisotopic (exact) mass is 381 g/mol. The van der Waals surface area contributed by atoms with Crippen molar-refractivity contribution in [2.45, 2.75) is 6.42 Å². The van der Waals surface area contributed by atoms with Crippen LogP contribution in [-0.2, 0) is 6.42 Å². The fourth-order valence-corrected chi connectivity index (χ4v) is 2.92. The van der Waals surface area contributed by atoms with Gasteiger partial charge in [-0.05, 0) is 35.9 Å². The molecule has 0 saturated carbocycles. The van der Waals surface area contributed by atoms with Crippen LogP contribution in [0.5, 0.6) is 0 Å². The van der Waals surface area contributed by atoms with Gasteiger partial charge in [-0.25, -0.2) is 0 Å². The molecule has 1 aromatic heterocycles. The number of halogens is 2. The summed E-state index contributed by atoms with van der Waals surface area (Å²) in [7, 11) is 0. The summed E-state index contributed by atoms with van der Waals surface area (Å²) in [6, 6.07) is 18.7. The molecule has 2 N–H and O–H groups in total. The number of para-hydroxylation sites is 1. The highest BCUT2D eigenvalue weighted by molar-refractivity contribution is 6.35. The standard InChI is InChI=1S/C21H17Cl2N3/c1-14(25-13-16-5-2-3-7-20(16)24)21-8-4-6-18(26-21)11-15-9-10-17(22)12-19(15)23/h2-10,12-13H,1,11,24H2. The van der Waals surface area contributed by atoms with Crippen LogP contribution in [0.4, 0.5) is 5.69 Å². The quantitative estimate of drug-likeness (QED) is 0.458. The summed E-state index contributed by atoms with van der Waals surface area (Å²) in [5.41, 5.74) is 10.6. The van der Waals surface area contributed by atoms with E-state index >= 15 is 0 Å². The molecule has 0 fully saturated rings. The molecule has 0 atom stereocenters. The van der Waals surface area contributed by atoms with Gasteiger partial charge in [0.1, 0.15) is 0 Å². The Kier molecular flexibility index (Phi) is 5.71. The van der Waals surface area contributed by atoms with Gasteiger partial charge < -0.3 is 5.73 Å². The fourth-order valence-electron chi connectivity index (χ4n) is 2.44. The van der Waals surface area contributed by atoms with E-state index in [1.807, 2.05) is 54.6 Å². The van der Waals surface area contributed by atoms with Crippen molar-refractivity contribution in [3.05, 3.63) is 99.8 Å². The third-order valence-electron chi connectivity index (χ3n) is 3.84. The number of pyridine rings is 1. The van der Waals surface area contributed by atoms with E-state index in [0.717, 1.165) is 16.8 Å². The van der Waals surface area contributed by atoms with Gasteiger partial charge >= 0.3 is 0 Å². The number of aromatic nitrogens is 1. The van der Waals surface area contributed by atoms with Crippen molar-refractivity contribution in [3.8, 4) is 0 Å². The van der Waals surface area contributed by atoms with Crippen LogP contribution < -0.4 is 5.73 Å². The summed E-state index contributed by atoms with van der Waals surface area (Å²) in [6.07, 6.45) is 2.30. The zero-order chi connectivity index (χ0) is 18.5. The molecular weight excluding hydrogens is 365 g/mol. The molecule has 0 aliphatic rings. The van der Waals surface area contributed by atoms with Gasteiger partial charge in [-0.1, -0.05) is 60.1 Å². The molecule has 0 aliphatic heterocycles. The van der Waals surface area contributed by atoms with Crippen LogP contribution in [0.1, 0.15) is 22.5 Å². The number of hydrogen-bond acceptors (Lipinski definition) is 3. The van der Waals surface area contributed by atoms with Gasteiger partial charge in [-0.2, -0.15) is 0 Å². The van der Waals surface area contributed by atoms with E-state index in [2.05, 4.69) is 16.6 Å². The van der Waals surface area contributed by atoms with E-state index in [-0.39, 0.29) is 0 Å². The zero-order valence-corrected chi connectivity index (χ0v) is 15.5. The lowest BCUT2D eigenvalue weighted by molar-refractivity contribution is 1.06. The van der Waals surface area contributed by atoms with Crippen LogP contribution in [0.2, 0.25) is 10.0 Å². The first-order valence-electron chi connectivity index (χ1n) is 8.00. The maximum atomic E-state index is 6.25. The predicted octanol–water partition coefficient (Wildman–Crippen LogP) is 5.65. The molecule has 3 rings (SSSR count). The van der Waals surface area contributed by atoms with Gasteiger partial charge in [0.15, 0.2) is 0 Å². The predicted molar refractivity (Wildman–Crippen MR) is 111 cm³/mol. The van der Waals surface area contributed by atoms with E-state index < -0.39 is 0 Å². The molecule has 1 heterocycles. The Bertz CT molecular complexity index is 980. The summed E-state index contributed by atoms with van der Waals surface area (Å²) in [6.45, 7) is 4.00. The first-order chi connectivity index (χ1) is 12.5. The average Bonchev–Trinajstić information content (AvgIpc) is 2.63. The SMILES string of the molecule is C=C(N=Cc1ccccc1N)c1cccc(Cc2ccc(Cl)cc2Cl)n1. The molecule has 0 amide bonds. The minimum Gasteiger partial charge on any atom is -0.398 e. The van der Waals surface area contributed by atoms with Crippen molar-refractivity contribution < 1.29 is 0 Å². The Labute approximate surface area is 162 Å². The van der Waals surface area contributed by atoms with Gasteiger partial charge in [0.2, 0.25) is 0 Å². The number of nitrogen functional groups attached to an aromatic ring is 1. The first kappa shape index (κ1) is 18.2. The van der Waals surface area contributed by atoms with Crippen LogP contribution in [-0.4, -0.2) is 11.2 Å². The van der Waals surface area contributed by atoms with Gasteiger partial charge in [0, 0.05) is 39.6 Å². The molecule has 3 aromatic rings. The second-order valence-electron chi connectivity index (χ2n) is 5.76. The minimum atomic E-state index is 0.567. The fraction of sp³-hybridized carbons (Fsp3) is 0.0476. The number of benzene rings is 2. The molecule has 130 valence electrons. The number of anilines is 1. The van der Waals surface area contributed by atoms with E-state index in [0.29, 0.717) is 33.5 Å². The van der Waals surface area contributed by atoms with Gasteiger partial charge in [0.25, 0.3) is 0 Å². The van der Waals surface area contributed by atoms with Crippen molar-refractivity contribution in [1.82, 2.24) is 4.98 Å². The Morgan fingerprint density at radius 2 is 1.88 bits per heavy atom. The molecule has 0 bridgehead atoms. The summed E-state index contributed by atoms with van der Waals surface area (Å²) in [4.78, 5) is 9.03. The van der Waals surface area contributed by atoms with Gasteiger partial charge in [-0.3, -0.25) is 9.98 Å². The average molecular weight is 382 g/mol. The maximum Gasteiger partial charge on any atom is 0.0883 e. The molecule has 0 saturated heterocycles. The van der Waals surface area contributed by atoms with E-state index in [9.17, 15) is 0 Å². The summed E-state index contributed by atoms with van der Waals surface area (Å²) in [5.74, 6) is 0. The number of hydrogen-bond donors (Lipinski definition) is 1. The highest BCUT2D eigenvalue weighted by Gasteiger charge is 2.06. The Morgan fingerprint density at radius 1 is 1.08 bits per heavy atom. The van der Waals surface area contributed by atoms with Crippen molar-refractivity contribution in [2.75, 3.05) is 5.73 Å². The van der Waals surface area contributed by atoms with Crippen LogP contribution in [0.25, 0.3) is 5.70 Å². The molecule has 5 heteroatoms. The van der Waals surface area contributed by atoms with E-state index in [4.69, 9.17) is 28.9 Å². The van der Waals surface area contributed by atoms with Gasteiger partial charge in [-0.15, -0.1) is 0 Å². The van der Waals surface area contributed by atoms with Crippen LogP contribution in [0, 0.1) is 0 Å². The molecule has 26 heavy (non-hydrogen) atoms. The Balaban J connectivity index is 1.78. The number of nitrogens with zero attached hydrogens (tertiary/aromatic N) is 2. The molecule has 0 aliphatic carbocycles. The molecule has 0 radical (unpaired) electrons. The van der Waals surface area contributed by atoms with Crippen molar-refractivity contribution in [3.63, 3.8) is 0 Å². The molecule has 2 aromatic carbocycles. The third-order valence-corrected chi connectivity index (χ3v) is 4.43. The van der Waals surface area contributed by atoms with E-state index in [1.165, 1.54) is 0 Å². The smallest absolute Gasteiger partial charge is 0.0883 e. The normalized spacial score (nSPS) is 11.0. The second kappa shape index (κ2) is 8.17. The van der Waals surface area contributed by atoms with Crippen LogP contribution in [0.3, 0.4) is 0 Å². The van der Waals surface area contributed by atoms with Gasteiger partial charge in [0.05, 0.1) is 11.4 Å². The number of rotatable bonds is 5. The zero-order valence-electron chi connectivity index (χ0n) is 14.0. The topological polar surface area (TPSA) is 51.3 Å². The lowest BCUT2D eigenvalue weighted by atomic mass is 10.1. The lowest BCUT2D eigenvalue weighted by Crippen LogP contribution is -1.97. The highest BCUT2D eigenvalue weighted by Crippen LogP contribution is 2.23. The van der Waals surface area contributed by atoms with Crippen LogP contribution in [0.15, 0.2) is 72.2 Å². The number of nitrogens with two attached hydrogens (primary N) is 1. The maximum absolute atomic E-state index is 6.25. The number of aliphatic imine (C=N–C) groups is 1. The van der Waals surface area contributed by atoms with Crippen molar-refractivity contribution >= 4 is 40.8 Å². The Morgan fingerprint density at radius 3 is 2.65 bits per heavy atom. The highest BCUT2D eigenvalue weighted by atomic mass is 35.5. The first-order valence-corrected chi connectivity index (χ1v) is 8.76. The molecule has 0 unspecified atom stereocenters. The molecule has 3 nitrogen and oxygen atoms in total. The van der Waals surface area contributed by atoms with E-state index in [1.54, 1.807) is 12.3 Å². The summed E-state index contributed by atoms with van der Waals surface area (Å²) >= 11 is 12.2. The second-order valence-corrected chi connectivity index (χ2v) is 6.60. The van der Waals surface area contributed by atoms with Crippen molar-refractivity contribution in [2.24, 2.45) is 4.99 Å². The lowest BCUT2D eigenvalue weighted by Gasteiger charge is -2.07. The van der Waals surface area contributed by atoms with Crippen LogP contribution >= 0.6 is 23.2 Å². The minimum absolute atomic E-state index is 0.567. The van der Waals surface area contributed by atoms with Crippen molar-refractivity contribution in [1.29, 1.82) is 0 Å². The summed E-state index contributed by atoms with van der Waals surface area (Å²) in [5, 5.41) is 1.24. The Hall–Kier alpha value is -2.62. The third kappa shape index (κ3) is 4.51. The summed E-state index contributed by atoms with van der Waals surface area (Å²) < 4.78 is 0. The molecule has 0 spiro atoms. The largest absolute Gasteiger partial charge is 0.398 e.